The van der Waals surface area contributed by atoms with E-state index in [-0.39, 0.29) is 11.9 Å². The van der Waals surface area contributed by atoms with Crippen LogP contribution in [0.25, 0.3) is 0 Å². The number of carbonyl (C=O) groups is 1. The minimum atomic E-state index is -3.52. The Morgan fingerprint density at radius 3 is 2.10 bits per heavy atom. The standard InChI is InChI=1S/C23H31N3O3S/c1-17(2)20-9-11-21(12-10-20)30(28,29)26-15-13-25(14-16-26)19(4)23(27)24-22-8-6-5-7-18(22)3/h5-12,17,19H,13-16H2,1-4H3,(H,24,27). The predicted molar refractivity (Wildman–Crippen MR) is 120 cm³/mol. The van der Waals surface area contributed by atoms with Crippen LogP contribution in [0.1, 0.15) is 37.8 Å². The molecule has 2 aromatic carbocycles. The number of aryl methyl sites for hydroxylation is 1. The van der Waals surface area contributed by atoms with Crippen molar-refractivity contribution in [3.63, 3.8) is 0 Å². The number of hydrogen-bond acceptors (Lipinski definition) is 4. The van der Waals surface area contributed by atoms with Gasteiger partial charge in [0.25, 0.3) is 0 Å². The molecule has 6 nitrogen and oxygen atoms in total. The Kier molecular flexibility index (Phi) is 6.95. The highest BCUT2D eigenvalue weighted by Gasteiger charge is 2.31. The molecule has 1 N–H and O–H groups in total. The molecule has 0 aliphatic carbocycles. The van der Waals surface area contributed by atoms with Gasteiger partial charge in [-0.1, -0.05) is 44.2 Å². The van der Waals surface area contributed by atoms with Gasteiger partial charge in [-0.05, 0) is 49.1 Å². The molecule has 1 saturated heterocycles. The molecule has 3 rings (SSSR count). The molecule has 30 heavy (non-hydrogen) atoms. The van der Waals surface area contributed by atoms with Crippen LogP contribution in [0, 0.1) is 6.92 Å². The molecule has 7 heteroatoms. The summed E-state index contributed by atoms with van der Waals surface area (Å²) in [7, 11) is -3.52. The van der Waals surface area contributed by atoms with Crippen LogP contribution in [-0.4, -0.2) is 55.8 Å². The Morgan fingerprint density at radius 1 is 0.933 bits per heavy atom. The first-order chi connectivity index (χ1) is 14.2. The van der Waals surface area contributed by atoms with Gasteiger partial charge in [-0.2, -0.15) is 4.31 Å². The molecule has 1 fully saturated rings. The Labute approximate surface area is 179 Å². The summed E-state index contributed by atoms with van der Waals surface area (Å²) in [5, 5.41) is 2.98. The Bertz CT molecular complexity index is 979. The van der Waals surface area contributed by atoms with Gasteiger partial charge in [-0.15, -0.1) is 0 Å². The van der Waals surface area contributed by atoms with Crippen molar-refractivity contribution in [1.82, 2.24) is 9.21 Å². The van der Waals surface area contributed by atoms with Crippen molar-refractivity contribution in [3.8, 4) is 0 Å². The summed E-state index contributed by atoms with van der Waals surface area (Å²) in [5.74, 6) is 0.280. The molecule has 1 atom stereocenters. The maximum Gasteiger partial charge on any atom is 0.243 e. The Hall–Kier alpha value is -2.22. The number of piperazine rings is 1. The lowest BCUT2D eigenvalue weighted by molar-refractivity contribution is -0.121. The van der Waals surface area contributed by atoms with E-state index in [1.54, 1.807) is 12.1 Å². The number of amides is 1. The van der Waals surface area contributed by atoms with Crippen molar-refractivity contribution in [2.45, 2.75) is 44.6 Å². The van der Waals surface area contributed by atoms with Crippen molar-refractivity contribution < 1.29 is 13.2 Å². The lowest BCUT2D eigenvalue weighted by Gasteiger charge is -2.36. The zero-order valence-electron chi connectivity index (χ0n) is 18.1. The third kappa shape index (κ3) is 4.91. The minimum absolute atomic E-state index is 0.0788. The van der Waals surface area contributed by atoms with E-state index in [4.69, 9.17) is 0 Å². The molecular weight excluding hydrogens is 398 g/mol. The molecule has 1 aliphatic heterocycles. The fourth-order valence-corrected chi connectivity index (χ4v) is 5.04. The van der Waals surface area contributed by atoms with Gasteiger partial charge >= 0.3 is 0 Å². The number of anilines is 1. The molecule has 0 radical (unpaired) electrons. The van der Waals surface area contributed by atoms with Crippen LogP contribution in [0.5, 0.6) is 0 Å². The van der Waals surface area contributed by atoms with E-state index >= 15 is 0 Å². The number of nitrogens with zero attached hydrogens (tertiary/aromatic N) is 2. The molecule has 0 saturated carbocycles. The van der Waals surface area contributed by atoms with Crippen molar-refractivity contribution in [2.24, 2.45) is 0 Å². The molecule has 162 valence electrons. The highest BCUT2D eigenvalue weighted by atomic mass is 32.2. The zero-order valence-corrected chi connectivity index (χ0v) is 18.9. The fourth-order valence-electron chi connectivity index (χ4n) is 3.62. The highest BCUT2D eigenvalue weighted by molar-refractivity contribution is 7.89. The summed E-state index contributed by atoms with van der Waals surface area (Å²) in [4.78, 5) is 15.0. The van der Waals surface area contributed by atoms with E-state index in [2.05, 4.69) is 19.2 Å². The zero-order chi connectivity index (χ0) is 21.9. The number of nitrogens with one attached hydrogen (secondary N) is 1. The molecule has 0 spiro atoms. The largest absolute Gasteiger partial charge is 0.324 e. The van der Waals surface area contributed by atoms with Gasteiger partial charge in [0.05, 0.1) is 10.9 Å². The first-order valence-corrected chi connectivity index (χ1v) is 11.8. The van der Waals surface area contributed by atoms with Gasteiger partial charge in [-0.3, -0.25) is 9.69 Å². The van der Waals surface area contributed by atoms with Crippen molar-refractivity contribution >= 4 is 21.6 Å². The quantitative estimate of drug-likeness (QED) is 0.764. The summed E-state index contributed by atoms with van der Waals surface area (Å²) >= 11 is 0. The van der Waals surface area contributed by atoms with Crippen molar-refractivity contribution in [3.05, 3.63) is 59.7 Å². The third-order valence-corrected chi connectivity index (χ3v) is 7.70. The molecular formula is C23H31N3O3S. The SMILES string of the molecule is Cc1ccccc1NC(=O)C(C)N1CCN(S(=O)(=O)c2ccc(C(C)C)cc2)CC1. The minimum Gasteiger partial charge on any atom is -0.324 e. The maximum absolute atomic E-state index is 13.0. The smallest absolute Gasteiger partial charge is 0.243 e. The van der Waals surface area contributed by atoms with E-state index in [9.17, 15) is 13.2 Å². The first kappa shape index (κ1) is 22.5. The maximum atomic E-state index is 13.0. The van der Waals surface area contributed by atoms with E-state index in [0.717, 1.165) is 16.8 Å². The second-order valence-electron chi connectivity index (χ2n) is 8.14. The van der Waals surface area contributed by atoms with Crippen LogP contribution in [0.15, 0.2) is 53.4 Å². The van der Waals surface area contributed by atoms with Crippen LogP contribution in [-0.2, 0) is 14.8 Å². The van der Waals surface area contributed by atoms with Gasteiger partial charge in [0, 0.05) is 31.9 Å². The Balaban J connectivity index is 1.60. The number of para-hydroxylation sites is 1. The van der Waals surface area contributed by atoms with Crippen molar-refractivity contribution in [2.75, 3.05) is 31.5 Å². The van der Waals surface area contributed by atoms with E-state index in [1.165, 1.54) is 4.31 Å². The molecule has 0 aromatic heterocycles. The van der Waals surface area contributed by atoms with E-state index in [0.29, 0.717) is 37.0 Å². The highest BCUT2D eigenvalue weighted by Crippen LogP contribution is 2.22. The topological polar surface area (TPSA) is 69.7 Å². The Morgan fingerprint density at radius 2 is 1.53 bits per heavy atom. The molecule has 1 heterocycles. The summed E-state index contributed by atoms with van der Waals surface area (Å²) < 4.78 is 27.5. The lowest BCUT2D eigenvalue weighted by Crippen LogP contribution is -2.53. The normalized spacial score (nSPS) is 17.1. The first-order valence-electron chi connectivity index (χ1n) is 10.4. The van der Waals surface area contributed by atoms with Crippen LogP contribution >= 0.6 is 0 Å². The van der Waals surface area contributed by atoms with E-state index < -0.39 is 10.0 Å². The number of sulfonamides is 1. The second kappa shape index (κ2) is 9.29. The molecule has 1 unspecified atom stereocenters. The summed E-state index contributed by atoms with van der Waals surface area (Å²) in [6.45, 7) is 9.77. The van der Waals surface area contributed by atoms with E-state index in [1.807, 2.05) is 55.1 Å². The van der Waals surface area contributed by atoms with Gasteiger partial charge < -0.3 is 5.32 Å². The predicted octanol–water partition coefficient (Wildman–Crippen LogP) is 3.45. The molecule has 1 aliphatic rings. The molecule has 2 aromatic rings. The lowest BCUT2D eigenvalue weighted by atomic mass is 10.0. The van der Waals surface area contributed by atoms with Crippen LogP contribution in [0.3, 0.4) is 0 Å². The molecule has 0 bridgehead atoms. The van der Waals surface area contributed by atoms with Gasteiger partial charge in [0.15, 0.2) is 0 Å². The monoisotopic (exact) mass is 429 g/mol. The average molecular weight is 430 g/mol. The second-order valence-corrected chi connectivity index (χ2v) is 10.1. The molecule has 1 amide bonds. The summed E-state index contributed by atoms with van der Waals surface area (Å²) in [6.07, 6.45) is 0. The van der Waals surface area contributed by atoms with Gasteiger partial charge in [0.2, 0.25) is 15.9 Å². The van der Waals surface area contributed by atoms with Crippen LogP contribution < -0.4 is 5.32 Å². The number of hydrogen-bond donors (Lipinski definition) is 1. The number of carbonyl (C=O) groups excluding carboxylic acids is 1. The fraction of sp³-hybridized carbons (Fsp3) is 0.435. The van der Waals surface area contributed by atoms with Crippen molar-refractivity contribution in [1.29, 1.82) is 0 Å². The van der Waals surface area contributed by atoms with Crippen LogP contribution in [0.4, 0.5) is 5.69 Å². The average Bonchev–Trinajstić information content (AvgIpc) is 2.75. The van der Waals surface area contributed by atoms with Crippen LogP contribution in [0.2, 0.25) is 0 Å². The van der Waals surface area contributed by atoms with Gasteiger partial charge in [-0.25, -0.2) is 8.42 Å². The van der Waals surface area contributed by atoms with Gasteiger partial charge in [0.1, 0.15) is 0 Å². The summed E-state index contributed by atoms with van der Waals surface area (Å²) in [5.41, 5.74) is 2.94. The number of benzene rings is 2. The third-order valence-electron chi connectivity index (χ3n) is 5.79. The number of rotatable bonds is 6. The summed E-state index contributed by atoms with van der Waals surface area (Å²) in [6, 6.07) is 14.5.